The largest absolute Gasteiger partial charge is 0.310 e. The van der Waals surface area contributed by atoms with Crippen molar-refractivity contribution in [2.45, 2.75) is 5.92 Å². The summed E-state index contributed by atoms with van der Waals surface area (Å²) in [7, 11) is 0. The Bertz CT molecular complexity index is 3040. The second kappa shape index (κ2) is 11.3. The van der Waals surface area contributed by atoms with Crippen LogP contribution in [0.5, 0.6) is 0 Å². The molecule has 9 aromatic rings. The molecule has 1 aliphatic heterocycles. The van der Waals surface area contributed by atoms with Crippen LogP contribution in [0, 0.1) is 0 Å². The normalized spacial score (nSPS) is 14.2. The van der Waals surface area contributed by atoms with Crippen LogP contribution in [0.2, 0.25) is 0 Å². The molecule has 0 amide bonds. The first-order valence-corrected chi connectivity index (χ1v) is 17.7. The molecule has 0 saturated heterocycles. The van der Waals surface area contributed by atoms with Crippen molar-refractivity contribution in [3.8, 4) is 11.1 Å². The van der Waals surface area contributed by atoms with Crippen LogP contribution in [0.25, 0.3) is 60.8 Å². The van der Waals surface area contributed by atoms with Crippen molar-refractivity contribution in [3.05, 3.63) is 192 Å². The van der Waals surface area contributed by atoms with Crippen molar-refractivity contribution < 1.29 is 0 Å². The number of nitrogens with zero attached hydrogens (tertiary/aromatic N) is 4. The number of fused-ring (bicyclic) bond motifs is 12. The summed E-state index contributed by atoms with van der Waals surface area (Å²) >= 11 is 0. The summed E-state index contributed by atoms with van der Waals surface area (Å²) in [6.07, 6.45) is 6.75. The number of allylic oxidation sites excluding steroid dienone is 2. The lowest BCUT2D eigenvalue weighted by molar-refractivity contribution is 1.02. The van der Waals surface area contributed by atoms with Crippen LogP contribution in [-0.2, 0) is 0 Å². The van der Waals surface area contributed by atoms with Gasteiger partial charge in [-0.15, -0.1) is 0 Å². The van der Waals surface area contributed by atoms with Gasteiger partial charge in [0.2, 0.25) is 0 Å². The highest BCUT2D eigenvalue weighted by Gasteiger charge is 2.28. The van der Waals surface area contributed by atoms with Crippen LogP contribution in [-0.4, -0.2) is 9.97 Å². The van der Waals surface area contributed by atoms with E-state index >= 15 is 0 Å². The van der Waals surface area contributed by atoms with Crippen molar-refractivity contribution in [2.24, 2.45) is 4.99 Å². The number of rotatable bonds is 4. The highest BCUT2D eigenvalue weighted by atomic mass is 15.1. The molecule has 8 aromatic carbocycles. The molecule has 1 aliphatic carbocycles. The van der Waals surface area contributed by atoms with Gasteiger partial charge in [0.1, 0.15) is 0 Å². The van der Waals surface area contributed by atoms with E-state index in [2.05, 4.69) is 181 Å². The number of aromatic nitrogens is 2. The summed E-state index contributed by atoms with van der Waals surface area (Å²) in [5.41, 5.74) is 12.3. The maximum Gasteiger partial charge on any atom is 0.0996 e. The molecular weight excluding hydrogens is 633 g/mol. The first-order valence-electron chi connectivity index (χ1n) is 17.7. The van der Waals surface area contributed by atoms with E-state index < -0.39 is 0 Å². The summed E-state index contributed by atoms with van der Waals surface area (Å²) < 4.78 is 0. The maximum absolute atomic E-state index is 5.63. The third kappa shape index (κ3) is 4.31. The molecule has 0 saturated carbocycles. The predicted octanol–water partition coefficient (Wildman–Crippen LogP) is 11.0. The number of hydrogen-bond donors (Lipinski definition) is 0. The van der Waals surface area contributed by atoms with Crippen molar-refractivity contribution in [1.29, 1.82) is 0 Å². The molecule has 4 nitrogen and oxygen atoms in total. The highest BCUT2D eigenvalue weighted by Crippen LogP contribution is 2.47. The monoisotopic (exact) mass is 662 g/mol. The third-order valence-corrected chi connectivity index (χ3v) is 10.6. The van der Waals surface area contributed by atoms with E-state index in [0.717, 1.165) is 66.7 Å². The quantitative estimate of drug-likeness (QED) is 0.139. The van der Waals surface area contributed by atoms with Gasteiger partial charge in [-0.05, 0) is 81.0 Å². The van der Waals surface area contributed by atoms with E-state index in [1.54, 1.807) is 0 Å². The Balaban J connectivity index is 1.19. The molecule has 242 valence electrons. The number of anilines is 3. The van der Waals surface area contributed by atoms with Gasteiger partial charge < -0.3 is 4.90 Å². The van der Waals surface area contributed by atoms with Crippen LogP contribution in [0.1, 0.15) is 17.0 Å². The number of benzene rings is 8. The van der Waals surface area contributed by atoms with Crippen molar-refractivity contribution in [3.63, 3.8) is 0 Å². The van der Waals surface area contributed by atoms with Crippen LogP contribution in [0.4, 0.5) is 22.7 Å². The summed E-state index contributed by atoms with van der Waals surface area (Å²) in [6.45, 7) is 0. The molecule has 0 spiro atoms. The minimum atomic E-state index is 0.0329. The van der Waals surface area contributed by atoms with Gasteiger partial charge in [0.25, 0.3) is 0 Å². The smallest absolute Gasteiger partial charge is 0.0996 e. The fourth-order valence-electron chi connectivity index (χ4n) is 8.33. The average molecular weight is 663 g/mol. The molecule has 1 aromatic heterocycles. The molecule has 0 radical (unpaired) electrons. The van der Waals surface area contributed by atoms with Gasteiger partial charge in [0, 0.05) is 33.8 Å². The Morgan fingerprint density at radius 2 is 1.25 bits per heavy atom. The topological polar surface area (TPSA) is 41.4 Å². The first kappa shape index (κ1) is 28.9. The Hall–Kier alpha value is -6.91. The van der Waals surface area contributed by atoms with Gasteiger partial charge in [-0.2, -0.15) is 0 Å². The van der Waals surface area contributed by atoms with Gasteiger partial charge in [-0.1, -0.05) is 127 Å². The lowest BCUT2D eigenvalue weighted by atomic mass is 9.83. The van der Waals surface area contributed by atoms with Crippen LogP contribution in [0.3, 0.4) is 0 Å². The molecule has 52 heavy (non-hydrogen) atoms. The van der Waals surface area contributed by atoms with E-state index in [0.29, 0.717) is 0 Å². The molecule has 1 unspecified atom stereocenters. The van der Waals surface area contributed by atoms with E-state index in [-0.39, 0.29) is 5.92 Å². The predicted molar refractivity (Wildman–Crippen MR) is 215 cm³/mol. The Kier molecular flexibility index (Phi) is 6.28. The van der Waals surface area contributed by atoms with Crippen LogP contribution < -0.4 is 15.5 Å². The summed E-state index contributed by atoms with van der Waals surface area (Å²) in [4.78, 5) is 18.7. The van der Waals surface area contributed by atoms with E-state index in [1.165, 1.54) is 32.5 Å². The molecule has 0 bridgehead atoms. The van der Waals surface area contributed by atoms with Gasteiger partial charge in [-0.25, -0.2) is 15.0 Å². The third-order valence-electron chi connectivity index (χ3n) is 10.6. The second-order valence-corrected chi connectivity index (χ2v) is 13.5. The number of hydrogen-bond acceptors (Lipinski definition) is 4. The second-order valence-electron chi connectivity index (χ2n) is 13.5. The fraction of sp³-hybridized carbons (Fsp3) is 0.0208. The molecule has 2 aliphatic rings. The average Bonchev–Trinajstić information content (AvgIpc) is 3.61. The Labute approximate surface area is 300 Å². The molecular formula is C48H30N4. The summed E-state index contributed by atoms with van der Waals surface area (Å²) in [5.74, 6) is 0.0329. The van der Waals surface area contributed by atoms with Crippen LogP contribution in [0.15, 0.2) is 175 Å². The Morgan fingerprint density at radius 3 is 2.06 bits per heavy atom. The minimum Gasteiger partial charge on any atom is -0.310 e. The summed E-state index contributed by atoms with van der Waals surface area (Å²) in [5, 5.41) is 6.89. The maximum atomic E-state index is 5.63. The van der Waals surface area contributed by atoms with Gasteiger partial charge in [0.15, 0.2) is 0 Å². The molecule has 11 rings (SSSR count). The zero-order valence-electron chi connectivity index (χ0n) is 28.1. The van der Waals surface area contributed by atoms with E-state index in [1.807, 2.05) is 0 Å². The van der Waals surface area contributed by atoms with Crippen molar-refractivity contribution >= 4 is 72.4 Å². The summed E-state index contributed by atoms with van der Waals surface area (Å²) in [6, 6.07) is 55.7. The van der Waals surface area contributed by atoms with Gasteiger partial charge >= 0.3 is 0 Å². The molecule has 2 heterocycles. The molecule has 1 atom stereocenters. The standard InChI is InChI=1S/C48H30N4/c1-3-15-33(16-4-1)52(34-17-5-2-6-18-34)42-24-12-23-39-44(42)45-40(49-39)27-28-41-47(45)51-46-38-20-10-9-19-36(38)37-22-11-21-35(43(37)48(46)50-41)32-26-25-30-13-7-8-14-31(30)29-32/h1-29,35H. The Morgan fingerprint density at radius 1 is 0.519 bits per heavy atom. The minimum absolute atomic E-state index is 0.0329. The molecule has 4 heteroatoms. The highest BCUT2D eigenvalue weighted by molar-refractivity contribution is 6.11. The lowest BCUT2D eigenvalue weighted by Gasteiger charge is -2.27. The zero-order valence-corrected chi connectivity index (χ0v) is 28.1. The zero-order chi connectivity index (χ0) is 34.2. The lowest BCUT2D eigenvalue weighted by Crippen LogP contribution is -2.19. The van der Waals surface area contributed by atoms with E-state index in [4.69, 9.17) is 15.0 Å². The van der Waals surface area contributed by atoms with Crippen LogP contribution >= 0.6 is 0 Å². The SMILES string of the molecule is C1=CC(c2ccc3ccccc3c2)c2c(c3ccccc3c3nc4c5c(ccc4nc23)=Nc2cccc(N(c3ccccc3)c3ccccc3)c2-5)=C1. The molecule has 0 fully saturated rings. The first-order chi connectivity index (χ1) is 25.8. The van der Waals surface area contributed by atoms with Gasteiger partial charge in [-0.3, -0.25) is 0 Å². The van der Waals surface area contributed by atoms with E-state index in [9.17, 15) is 0 Å². The van der Waals surface area contributed by atoms with Gasteiger partial charge in [0.05, 0.1) is 38.8 Å². The van der Waals surface area contributed by atoms with Crippen molar-refractivity contribution in [1.82, 2.24) is 9.97 Å². The fourth-order valence-corrected chi connectivity index (χ4v) is 8.33. The number of para-hydroxylation sites is 2. The molecule has 0 N–H and O–H groups in total. The van der Waals surface area contributed by atoms with Crippen molar-refractivity contribution in [2.75, 3.05) is 4.90 Å².